The van der Waals surface area contributed by atoms with Gasteiger partial charge in [-0.05, 0) is 35.3 Å². The Morgan fingerprint density at radius 2 is 1.82 bits per heavy atom. The fourth-order valence-corrected chi connectivity index (χ4v) is 2.30. The molecular formula is C21H20O. The third kappa shape index (κ3) is 4.52. The molecule has 0 bridgehead atoms. The van der Waals surface area contributed by atoms with E-state index in [-0.39, 0.29) is 6.61 Å². The van der Waals surface area contributed by atoms with Gasteiger partial charge in [0.2, 0.25) is 0 Å². The Morgan fingerprint density at radius 1 is 1.05 bits per heavy atom. The molecule has 0 radical (unpaired) electrons. The maximum Gasteiger partial charge on any atom is 0.0760 e. The first-order chi connectivity index (χ1) is 10.8. The van der Waals surface area contributed by atoms with Gasteiger partial charge in [-0.15, -0.1) is 12.3 Å². The van der Waals surface area contributed by atoms with E-state index in [0.717, 1.165) is 36.8 Å². The minimum absolute atomic E-state index is 0.0411. The summed E-state index contributed by atoms with van der Waals surface area (Å²) in [4.78, 5) is 0. The molecule has 1 N–H and O–H groups in total. The Labute approximate surface area is 132 Å². The van der Waals surface area contributed by atoms with Crippen LogP contribution in [0.4, 0.5) is 0 Å². The quantitative estimate of drug-likeness (QED) is 0.638. The van der Waals surface area contributed by atoms with E-state index in [0.29, 0.717) is 0 Å². The predicted molar refractivity (Wildman–Crippen MR) is 94.1 cm³/mol. The van der Waals surface area contributed by atoms with Crippen LogP contribution in [0.3, 0.4) is 0 Å². The summed E-state index contributed by atoms with van der Waals surface area (Å²) in [6.07, 6.45) is 10.8. The maximum atomic E-state index is 9.50. The molecule has 0 saturated carbocycles. The third-order valence-corrected chi connectivity index (χ3v) is 3.45. The lowest BCUT2D eigenvalue weighted by Crippen LogP contribution is -1.88. The second kappa shape index (κ2) is 8.73. The molecule has 0 heterocycles. The molecule has 0 aliphatic carbocycles. The first-order valence-electron chi connectivity index (χ1n) is 7.56. The normalized spacial score (nSPS) is 10.8. The Balaban J connectivity index is 2.14. The monoisotopic (exact) mass is 288 g/mol. The molecule has 0 spiro atoms. The largest absolute Gasteiger partial charge is 0.391 e. The molecule has 2 aromatic rings. The van der Waals surface area contributed by atoms with E-state index in [1.807, 2.05) is 30.3 Å². The maximum absolute atomic E-state index is 9.50. The van der Waals surface area contributed by atoms with Gasteiger partial charge < -0.3 is 5.11 Å². The van der Waals surface area contributed by atoms with Crippen molar-refractivity contribution >= 4 is 16.8 Å². The molecule has 2 rings (SSSR count). The Kier molecular flexibility index (Phi) is 6.31. The van der Waals surface area contributed by atoms with Gasteiger partial charge in [0.15, 0.2) is 0 Å². The molecule has 0 aromatic heterocycles. The van der Waals surface area contributed by atoms with Crippen LogP contribution in [0.5, 0.6) is 0 Å². The van der Waals surface area contributed by atoms with Gasteiger partial charge >= 0.3 is 0 Å². The van der Waals surface area contributed by atoms with Crippen LogP contribution in [0.25, 0.3) is 16.8 Å². The summed E-state index contributed by atoms with van der Waals surface area (Å²) in [6.45, 7) is -0.0411. The average Bonchev–Trinajstić information content (AvgIpc) is 2.57. The molecule has 2 aromatic carbocycles. The van der Waals surface area contributed by atoms with Crippen LogP contribution in [0.2, 0.25) is 0 Å². The van der Waals surface area contributed by atoms with E-state index < -0.39 is 0 Å². The molecule has 0 aliphatic rings. The highest BCUT2D eigenvalue weighted by Gasteiger charge is 1.98. The minimum Gasteiger partial charge on any atom is -0.391 e. The Hall–Kier alpha value is -2.48. The molecule has 22 heavy (non-hydrogen) atoms. The summed E-state index contributed by atoms with van der Waals surface area (Å²) in [6, 6.07) is 14.4. The van der Waals surface area contributed by atoms with Gasteiger partial charge in [0.25, 0.3) is 0 Å². The molecule has 0 aliphatic heterocycles. The molecular weight excluding hydrogens is 268 g/mol. The Morgan fingerprint density at radius 3 is 2.64 bits per heavy atom. The number of rotatable bonds is 5. The summed E-state index contributed by atoms with van der Waals surface area (Å²) in [5.41, 5.74) is 1.83. The average molecular weight is 288 g/mol. The number of fused-ring (bicyclic) bond motifs is 1. The number of aliphatic hydroxyl groups is 1. The van der Waals surface area contributed by atoms with Crippen molar-refractivity contribution in [2.45, 2.75) is 25.7 Å². The van der Waals surface area contributed by atoms with Crippen molar-refractivity contribution in [3.63, 3.8) is 0 Å². The van der Waals surface area contributed by atoms with E-state index in [1.54, 1.807) is 0 Å². The van der Waals surface area contributed by atoms with Gasteiger partial charge in [0, 0.05) is 18.4 Å². The van der Waals surface area contributed by atoms with Gasteiger partial charge in [-0.3, -0.25) is 0 Å². The fourth-order valence-electron chi connectivity index (χ4n) is 2.30. The number of unbranched alkanes of at least 4 members (excludes halogenated alkanes) is 3. The number of aliphatic hydroxyl groups excluding tert-OH is 1. The standard InChI is InChI=1S/C21H20O/c1-2-3-4-5-6-7-11-18(17-22)16-20-14-10-13-19-12-8-9-15-21(19)20/h1,8-10,12-16,22H,3-6,17H2/b18-16+. The lowest BCUT2D eigenvalue weighted by molar-refractivity contribution is 0.337. The van der Waals surface area contributed by atoms with Crippen molar-refractivity contribution in [1.82, 2.24) is 0 Å². The van der Waals surface area contributed by atoms with Crippen LogP contribution in [0.1, 0.15) is 31.2 Å². The van der Waals surface area contributed by atoms with Crippen LogP contribution >= 0.6 is 0 Å². The lowest BCUT2D eigenvalue weighted by Gasteiger charge is -2.03. The highest BCUT2D eigenvalue weighted by molar-refractivity contribution is 5.91. The zero-order valence-electron chi connectivity index (χ0n) is 12.7. The minimum atomic E-state index is -0.0411. The van der Waals surface area contributed by atoms with Crippen molar-refractivity contribution < 1.29 is 5.11 Å². The molecule has 1 heteroatoms. The molecule has 0 atom stereocenters. The summed E-state index contributed by atoms with van der Waals surface area (Å²) in [5.74, 6) is 8.81. The zero-order valence-corrected chi connectivity index (χ0v) is 12.7. The molecule has 0 amide bonds. The second-order valence-electron chi connectivity index (χ2n) is 5.11. The highest BCUT2D eigenvalue weighted by Crippen LogP contribution is 2.20. The molecule has 0 fully saturated rings. The molecule has 0 unspecified atom stereocenters. The van der Waals surface area contributed by atoms with Crippen molar-refractivity contribution in [1.29, 1.82) is 0 Å². The van der Waals surface area contributed by atoms with Crippen molar-refractivity contribution in [3.8, 4) is 24.2 Å². The second-order valence-corrected chi connectivity index (χ2v) is 5.11. The van der Waals surface area contributed by atoms with Gasteiger partial charge in [-0.1, -0.05) is 54.3 Å². The van der Waals surface area contributed by atoms with Gasteiger partial charge in [0.1, 0.15) is 0 Å². The summed E-state index contributed by atoms with van der Waals surface area (Å²) in [5, 5.41) is 11.9. The number of hydrogen-bond acceptors (Lipinski definition) is 1. The third-order valence-electron chi connectivity index (χ3n) is 3.45. The van der Waals surface area contributed by atoms with Gasteiger partial charge in [-0.25, -0.2) is 0 Å². The first-order valence-corrected chi connectivity index (χ1v) is 7.56. The van der Waals surface area contributed by atoms with E-state index in [4.69, 9.17) is 6.42 Å². The van der Waals surface area contributed by atoms with Crippen LogP contribution in [-0.2, 0) is 0 Å². The lowest BCUT2D eigenvalue weighted by atomic mass is 10.0. The van der Waals surface area contributed by atoms with Crippen molar-refractivity contribution in [3.05, 3.63) is 53.6 Å². The zero-order chi connectivity index (χ0) is 15.6. The molecule has 1 nitrogen and oxygen atoms in total. The summed E-state index contributed by atoms with van der Waals surface area (Å²) < 4.78 is 0. The SMILES string of the molecule is C#CCCCCC#C/C(=C\c1cccc2ccccc12)CO. The molecule has 0 saturated heterocycles. The van der Waals surface area contributed by atoms with Gasteiger partial charge in [-0.2, -0.15) is 0 Å². The highest BCUT2D eigenvalue weighted by atomic mass is 16.3. The van der Waals surface area contributed by atoms with E-state index in [2.05, 4.69) is 36.0 Å². The van der Waals surface area contributed by atoms with Crippen molar-refractivity contribution in [2.75, 3.05) is 6.61 Å². The fraction of sp³-hybridized carbons (Fsp3) is 0.238. The van der Waals surface area contributed by atoms with E-state index in [9.17, 15) is 5.11 Å². The van der Waals surface area contributed by atoms with Gasteiger partial charge in [0.05, 0.1) is 6.61 Å². The van der Waals surface area contributed by atoms with Crippen LogP contribution in [0.15, 0.2) is 48.0 Å². The number of benzene rings is 2. The number of terminal acetylenes is 1. The molecule has 110 valence electrons. The summed E-state index contributed by atoms with van der Waals surface area (Å²) >= 11 is 0. The topological polar surface area (TPSA) is 20.2 Å². The Bertz CT molecular complexity index is 745. The van der Waals surface area contributed by atoms with Crippen LogP contribution in [0, 0.1) is 24.2 Å². The summed E-state index contributed by atoms with van der Waals surface area (Å²) in [7, 11) is 0. The van der Waals surface area contributed by atoms with Crippen LogP contribution < -0.4 is 0 Å². The van der Waals surface area contributed by atoms with Crippen molar-refractivity contribution in [2.24, 2.45) is 0 Å². The first kappa shape index (κ1) is 15.9. The van der Waals surface area contributed by atoms with E-state index >= 15 is 0 Å². The smallest absolute Gasteiger partial charge is 0.0760 e. The predicted octanol–water partition coefficient (Wildman–Crippen LogP) is 4.41. The van der Waals surface area contributed by atoms with Crippen LogP contribution in [-0.4, -0.2) is 11.7 Å². The van der Waals surface area contributed by atoms with E-state index in [1.165, 1.54) is 10.8 Å². The number of hydrogen-bond donors (Lipinski definition) is 1.